The number of hydrogen-bond acceptors (Lipinski definition) is 2. The summed E-state index contributed by atoms with van der Waals surface area (Å²) in [7, 11) is 0. The van der Waals surface area contributed by atoms with Crippen molar-refractivity contribution in [3.63, 3.8) is 0 Å². The van der Waals surface area contributed by atoms with Crippen LogP contribution in [0.3, 0.4) is 0 Å². The monoisotopic (exact) mass is 194 g/mol. The Hall–Kier alpha value is -0.960. The van der Waals surface area contributed by atoms with Crippen LogP contribution in [0.15, 0.2) is 18.3 Å². The lowest BCUT2D eigenvalue weighted by atomic mass is 10.1. The van der Waals surface area contributed by atoms with Gasteiger partial charge in [-0.2, -0.15) is 0 Å². The molecule has 0 spiro atoms. The first kappa shape index (κ1) is 10.1. The lowest BCUT2D eigenvalue weighted by molar-refractivity contribution is 0.776. The quantitative estimate of drug-likeness (QED) is 0.746. The van der Waals surface area contributed by atoms with Gasteiger partial charge in [-0.3, -0.25) is 4.98 Å². The Balaban J connectivity index is 2.73. The Labute approximate surface area is 84.2 Å². The van der Waals surface area contributed by atoms with E-state index in [4.69, 9.17) is 18.0 Å². The predicted molar refractivity (Wildman–Crippen MR) is 58.7 cm³/mol. The standard InChI is InChI=1S/C10H14N2S/c1-2-3-4-9-7-8(10(11)13)5-6-12-9/h5-7H,2-4H2,1H3,(H2,11,13). The molecule has 70 valence electrons. The van der Waals surface area contributed by atoms with E-state index in [9.17, 15) is 0 Å². The zero-order valence-electron chi connectivity index (χ0n) is 7.79. The van der Waals surface area contributed by atoms with E-state index >= 15 is 0 Å². The molecular formula is C10H14N2S. The molecule has 1 rings (SSSR count). The van der Waals surface area contributed by atoms with E-state index in [2.05, 4.69) is 11.9 Å². The molecule has 3 heteroatoms. The van der Waals surface area contributed by atoms with Gasteiger partial charge in [0.05, 0.1) is 0 Å². The minimum Gasteiger partial charge on any atom is -0.389 e. The van der Waals surface area contributed by atoms with Crippen molar-refractivity contribution in [2.24, 2.45) is 5.73 Å². The molecule has 0 amide bonds. The van der Waals surface area contributed by atoms with Crippen LogP contribution in [-0.2, 0) is 6.42 Å². The first-order valence-corrected chi connectivity index (χ1v) is 4.89. The average molecular weight is 194 g/mol. The van der Waals surface area contributed by atoms with Gasteiger partial charge in [-0.1, -0.05) is 25.6 Å². The SMILES string of the molecule is CCCCc1cc(C(N)=S)ccn1. The summed E-state index contributed by atoms with van der Waals surface area (Å²) in [4.78, 5) is 4.69. The zero-order valence-corrected chi connectivity index (χ0v) is 8.60. The van der Waals surface area contributed by atoms with E-state index in [-0.39, 0.29) is 0 Å². The van der Waals surface area contributed by atoms with Crippen LogP contribution in [0, 0.1) is 0 Å². The van der Waals surface area contributed by atoms with E-state index in [1.807, 2.05) is 12.1 Å². The van der Waals surface area contributed by atoms with Crippen molar-refractivity contribution >= 4 is 17.2 Å². The number of unbranched alkanes of at least 4 members (excludes halogenated alkanes) is 1. The summed E-state index contributed by atoms with van der Waals surface area (Å²) in [5, 5.41) is 0. The summed E-state index contributed by atoms with van der Waals surface area (Å²) in [6.07, 6.45) is 5.11. The number of aromatic nitrogens is 1. The van der Waals surface area contributed by atoms with Crippen molar-refractivity contribution in [2.75, 3.05) is 0 Å². The fourth-order valence-electron chi connectivity index (χ4n) is 1.13. The van der Waals surface area contributed by atoms with Gasteiger partial charge in [-0.25, -0.2) is 0 Å². The number of pyridine rings is 1. The van der Waals surface area contributed by atoms with E-state index < -0.39 is 0 Å². The molecule has 0 bridgehead atoms. The summed E-state index contributed by atoms with van der Waals surface area (Å²) in [6, 6.07) is 3.82. The first-order valence-electron chi connectivity index (χ1n) is 4.48. The van der Waals surface area contributed by atoms with Gasteiger partial charge >= 0.3 is 0 Å². The summed E-state index contributed by atoms with van der Waals surface area (Å²) in [5.74, 6) is 0. The maximum atomic E-state index is 5.51. The summed E-state index contributed by atoms with van der Waals surface area (Å²) in [5.41, 5.74) is 7.50. The molecular weight excluding hydrogens is 180 g/mol. The maximum Gasteiger partial charge on any atom is 0.104 e. The highest BCUT2D eigenvalue weighted by molar-refractivity contribution is 7.80. The summed E-state index contributed by atoms with van der Waals surface area (Å²) in [6.45, 7) is 2.16. The topological polar surface area (TPSA) is 38.9 Å². The largest absolute Gasteiger partial charge is 0.389 e. The lowest BCUT2D eigenvalue weighted by Gasteiger charge is -2.01. The lowest BCUT2D eigenvalue weighted by Crippen LogP contribution is -2.10. The van der Waals surface area contributed by atoms with Gasteiger partial charge in [0, 0.05) is 17.5 Å². The van der Waals surface area contributed by atoms with Crippen LogP contribution in [-0.4, -0.2) is 9.97 Å². The van der Waals surface area contributed by atoms with Crippen molar-refractivity contribution in [3.8, 4) is 0 Å². The molecule has 0 aliphatic rings. The van der Waals surface area contributed by atoms with Crippen molar-refractivity contribution in [1.82, 2.24) is 4.98 Å². The molecule has 13 heavy (non-hydrogen) atoms. The zero-order chi connectivity index (χ0) is 9.68. The van der Waals surface area contributed by atoms with E-state index in [1.165, 1.54) is 6.42 Å². The van der Waals surface area contributed by atoms with Crippen LogP contribution in [0.1, 0.15) is 31.0 Å². The highest BCUT2D eigenvalue weighted by Gasteiger charge is 1.98. The van der Waals surface area contributed by atoms with Crippen LogP contribution in [0.5, 0.6) is 0 Å². The highest BCUT2D eigenvalue weighted by atomic mass is 32.1. The number of nitrogens with zero attached hydrogens (tertiary/aromatic N) is 1. The van der Waals surface area contributed by atoms with Gasteiger partial charge < -0.3 is 5.73 Å². The molecule has 1 aromatic heterocycles. The van der Waals surface area contributed by atoms with Crippen LogP contribution < -0.4 is 5.73 Å². The van der Waals surface area contributed by atoms with Gasteiger partial charge in [0.15, 0.2) is 0 Å². The number of hydrogen-bond donors (Lipinski definition) is 1. The van der Waals surface area contributed by atoms with Gasteiger partial charge in [-0.15, -0.1) is 0 Å². The normalized spacial score (nSPS) is 9.92. The Morgan fingerprint density at radius 2 is 2.38 bits per heavy atom. The Morgan fingerprint density at radius 1 is 1.62 bits per heavy atom. The fraction of sp³-hybridized carbons (Fsp3) is 0.400. The number of thiocarbonyl (C=S) groups is 1. The molecule has 1 heterocycles. The summed E-state index contributed by atoms with van der Waals surface area (Å²) >= 11 is 4.88. The molecule has 2 N–H and O–H groups in total. The maximum absolute atomic E-state index is 5.51. The second-order valence-electron chi connectivity index (χ2n) is 3.00. The minimum atomic E-state index is 0.445. The molecule has 2 nitrogen and oxygen atoms in total. The minimum absolute atomic E-state index is 0.445. The average Bonchev–Trinajstić information content (AvgIpc) is 2.15. The van der Waals surface area contributed by atoms with E-state index in [0.29, 0.717) is 4.99 Å². The smallest absolute Gasteiger partial charge is 0.104 e. The molecule has 0 aliphatic carbocycles. The second kappa shape index (κ2) is 4.92. The Morgan fingerprint density at radius 3 is 3.00 bits per heavy atom. The third-order valence-corrected chi connectivity index (χ3v) is 2.12. The molecule has 0 aromatic carbocycles. The Bertz CT molecular complexity index is 297. The third kappa shape index (κ3) is 3.11. The molecule has 0 saturated carbocycles. The molecule has 0 radical (unpaired) electrons. The van der Waals surface area contributed by atoms with Crippen LogP contribution in [0.2, 0.25) is 0 Å². The number of nitrogens with two attached hydrogens (primary N) is 1. The van der Waals surface area contributed by atoms with E-state index in [1.54, 1.807) is 6.20 Å². The second-order valence-corrected chi connectivity index (χ2v) is 3.44. The van der Waals surface area contributed by atoms with Gasteiger partial charge in [0.25, 0.3) is 0 Å². The summed E-state index contributed by atoms with van der Waals surface area (Å²) < 4.78 is 0. The first-order chi connectivity index (χ1) is 6.24. The fourth-order valence-corrected chi connectivity index (χ4v) is 1.25. The Kier molecular flexibility index (Phi) is 3.83. The van der Waals surface area contributed by atoms with Gasteiger partial charge in [0.1, 0.15) is 4.99 Å². The van der Waals surface area contributed by atoms with Crippen molar-refractivity contribution < 1.29 is 0 Å². The third-order valence-electron chi connectivity index (χ3n) is 1.89. The number of aryl methyl sites for hydroxylation is 1. The van der Waals surface area contributed by atoms with Crippen LogP contribution >= 0.6 is 12.2 Å². The van der Waals surface area contributed by atoms with Crippen molar-refractivity contribution in [1.29, 1.82) is 0 Å². The van der Waals surface area contributed by atoms with Gasteiger partial charge in [0.2, 0.25) is 0 Å². The molecule has 0 fully saturated rings. The molecule has 0 aliphatic heterocycles. The van der Waals surface area contributed by atoms with E-state index in [0.717, 1.165) is 24.1 Å². The number of rotatable bonds is 4. The molecule has 1 aromatic rings. The molecule has 0 saturated heterocycles. The molecule has 0 unspecified atom stereocenters. The van der Waals surface area contributed by atoms with Crippen LogP contribution in [0.4, 0.5) is 0 Å². The van der Waals surface area contributed by atoms with Crippen molar-refractivity contribution in [2.45, 2.75) is 26.2 Å². The van der Waals surface area contributed by atoms with Crippen LogP contribution in [0.25, 0.3) is 0 Å². The van der Waals surface area contributed by atoms with Crippen molar-refractivity contribution in [3.05, 3.63) is 29.6 Å². The van der Waals surface area contributed by atoms with Gasteiger partial charge in [-0.05, 0) is 25.0 Å². The molecule has 0 atom stereocenters. The predicted octanol–water partition coefficient (Wildman–Crippen LogP) is 2.06. The highest BCUT2D eigenvalue weighted by Crippen LogP contribution is 2.05.